The maximum atomic E-state index is 12.9. The molecule has 2 aromatic carbocycles. The van der Waals surface area contributed by atoms with Crippen molar-refractivity contribution in [1.29, 1.82) is 0 Å². The van der Waals surface area contributed by atoms with Crippen LogP contribution in [0.15, 0.2) is 41.3 Å². The number of thiazole rings is 1. The molecular weight excluding hydrogens is 559 g/mol. The van der Waals surface area contributed by atoms with Gasteiger partial charge in [0.25, 0.3) is 5.91 Å². The SMILES string of the molecule is COc1c(-c2csc(NC(=O)c3cc(Cl)c(/C=C(\C)C(=O)O)c(Cl)c3)n2)cccc1[C@H](CCCC(C)C)OC. The van der Waals surface area contributed by atoms with Crippen LogP contribution in [0.2, 0.25) is 10.0 Å². The van der Waals surface area contributed by atoms with Crippen LogP contribution in [-0.2, 0) is 9.53 Å². The quantitative estimate of drug-likeness (QED) is 0.205. The van der Waals surface area contributed by atoms with Gasteiger partial charge < -0.3 is 14.6 Å². The van der Waals surface area contributed by atoms with Gasteiger partial charge in [-0.1, -0.05) is 62.0 Å². The molecule has 10 heteroatoms. The number of benzene rings is 2. The molecule has 0 spiro atoms. The van der Waals surface area contributed by atoms with Gasteiger partial charge in [-0.3, -0.25) is 10.1 Å². The van der Waals surface area contributed by atoms with Crippen LogP contribution in [0.1, 0.15) is 67.6 Å². The molecule has 0 saturated heterocycles. The fourth-order valence-electron chi connectivity index (χ4n) is 4.11. The summed E-state index contributed by atoms with van der Waals surface area (Å²) >= 11 is 13.9. The van der Waals surface area contributed by atoms with E-state index in [9.17, 15) is 9.59 Å². The summed E-state index contributed by atoms with van der Waals surface area (Å²) in [4.78, 5) is 28.7. The lowest BCUT2D eigenvalue weighted by atomic mass is 9.97. The number of hydrogen-bond donors (Lipinski definition) is 2. The smallest absolute Gasteiger partial charge is 0.331 e. The molecule has 0 radical (unpaired) electrons. The van der Waals surface area contributed by atoms with E-state index in [1.807, 2.05) is 23.6 Å². The second-order valence-corrected chi connectivity index (χ2v) is 11.1. The molecule has 0 fully saturated rings. The fourth-order valence-corrected chi connectivity index (χ4v) is 5.41. The Labute approximate surface area is 242 Å². The van der Waals surface area contributed by atoms with Gasteiger partial charge in [-0.05, 0) is 43.5 Å². The number of nitrogens with zero attached hydrogens (tertiary/aromatic N) is 1. The van der Waals surface area contributed by atoms with E-state index in [0.717, 1.165) is 30.4 Å². The predicted octanol–water partition coefficient (Wildman–Crippen LogP) is 8.38. The summed E-state index contributed by atoms with van der Waals surface area (Å²) in [7, 11) is 3.33. The van der Waals surface area contributed by atoms with Crippen molar-refractivity contribution < 1.29 is 24.2 Å². The highest BCUT2D eigenvalue weighted by Crippen LogP contribution is 2.40. The molecule has 0 aliphatic carbocycles. The summed E-state index contributed by atoms with van der Waals surface area (Å²) in [5.74, 6) is -0.219. The highest BCUT2D eigenvalue weighted by Gasteiger charge is 2.21. The van der Waals surface area contributed by atoms with Gasteiger partial charge in [0.2, 0.25) is 0 Å². The van der Waals surface area contributed by atoms with Crippen molar-refractivity contribution in [2.75, 3.05) is 19.5 Å². The van der Waals surface area contributed by atoms with Gasteiger partial charge in [-0.25, -0.2) is 9.78 Å². The first-order chi connectivity index (χ1) is 18.5. The number of nitrogens with one attached hydrogen (secondary N) is 1. The number of anilines is 1. The largest absolute Gasteiger partial charge is 0.496 e. The third kappa shape index (κ3) is 7.82. The number of carbonyl (C=O) groups excluding carboxylic acids is 1. The van der Waals surface area contributed by atoms with Gasteiger partial charge in [0.15, 0.2) is 5.13 Å². The lowest BCUT2D eigenvalue weighted by Gasteiger charge is -2.20. The molecule has 1 amide bonds. The molecule has 3 rings (SSSR count). The van der Waals surface area contributed by atoms with Crippen molar-refractivity contribution in [2.24, 2.45) is 5.92 Å². The number of carbonyl (C=O) groups is 2. The zero-order valence-electron chi connectivity index (χ0n) is 22.5. The highest BCUT2D eigenvalue weighted by molar-refractivity contribution is 7.14. The molecule has 0 bridgehead atoms. The van der Waals surface area contributed by atoms with Gasteiger partial charge in [-0.2, -0.15) is 0 Å². The van der Waals surface area contributed by atoms with Crippen molar-refractivity contribution in [1.82, 2.24) is 4.98 Å². The van der Waals surface area contributed by atoms with Crippen LogP contribution in [0.3, 0.4) is 0 Å². The Hall–Kier alpha value is -2.91. The van der Waals surface area contributed by atoms with Gasteiger partial charge in [0.05, 0.1) is 29.0 Å². The van der Waals surface area contributed by atoms with Crippen molar-refractivity contribution in [3.05, 3.63) is 68.0 Å². The van der Waals surface area contributed by atoms with Crippen LogP contribution in [-0.4, -0.2) is 36.2 Å². The maximum Gasteiger partial charge on any atom is 0.331 e. The Balaban J connectivity index is 1.83. The average Bonchev–Trinajstić information content (AvgIpc) is 3.36. The molecule has 0 aliphatic rings. The van der Waals surface area contributed by atoms with E-state index in [-0.39, 0.29) is 27.3 Å². The summed E-state index contributed by atoms with van der Waals surface area (Å²) in [6.07, 6.45) is 4.29. The molecule has 7 nitrogen and oxygen atoms in total. The number of amides is 1. The zero-order valence-corrected chi connectivity index (χ0v) is 24.8. The molecule has 0 aliphatic heterocycles. The third-order valence-electron chi connectivity index (χ3n) is 6.17. The second kappa shape index (κ2) is 13.9. The molecule has 1 atom stereocenters. The lowest BCUT2D eigenvalue weighted by Crippen LogP contribution is -2.12. The number of hydrogen-bond acceptors (Lipinski definition) is 6. The van der Waals surface area contributed by atoms with E-state index in [4.69, 9.17) is 37.8 Å². The number of rotatable bonds is 12. The number of aromatic nitrogens is 1. The van der Waals surface area contributed by atoms with Crippen molar-refractivity contribution in [3.8, 4) is 17.0 Å². The van der Waals surface area contributed by atoms with Gasteiger partial charge >= 0.3 is 5.97 Å². The Kier molecular flexibility index (Phi) is 10.9. The van der Waals surface area contributed by atoms with Gasteiger partial charge in [0.1, 0.15) is 5.75 Å². The highest BCUT2D eigenvalue weighted by atomic mass is 35.5. The van der Waals surface area contributed by atoms with Crippen LogP contribution in [0.5, 0.6) is 5.75 Å². The molecule has 39 heavy (non-hydrogen) atoms. The van der Waals surface area contributed by atoms with Gasteiger partial charge in [0, 0.05) is 40.3 Å². The maximum absolute atomic E-state index is 12.9. The monoisotopic (exact) mass is 590 g/mol. The van der Waals surface area contributed by atoms with Crippen molar-refractivity contribution >= 4 is 57.6 Å². The minimum atomic E-state index is -1.09. The normalized spacial score (nSPS) is 12.5. The third-order valence-corrected chi connectivity index (χ3v) is 7.55. The van der Waals surface area contributed by atoms with E-state index in [1.165, 1.54) is 36.5 Å². The first-order valence-corrected chi connectivity index (χ1v) is 14.1. The van der Waals surface area contributed by atoms with Crippen LogP contribution >= 0.6 is 34.5 Å². The number of carboxylic acid groups (broad SMARTS) is 1. The number of halogens is 2. The Bertz CT molecular complexity index is 1350. The number of ether oxygens (including phenoxy) is 2. The summed E-state index contributed by atoms with van der Waals surface area (Å²) in [5, 5.41) is 14.5. The second-order valence-electron chi connectivity index (χ2n) is 9.46. The van der Waals surface area contributed by atoms with E-state index in [1.54, 1.807) is 14.2 Å². The van der Waals surface area contributed by atoms with Crippen molar-refractivity contribution in [3.63, 3.8) is 0 Å². The van der Waals surface area contributed by atoms with Crippen molar-refractivity contribution in [2.45, 2.75) is 46.1 Å². The number of aliphatic carboxylic acids is 1. The molecule has 208 valence electrons. The zero-order chi connectivity index (χ0) is 28.7. The Morgan fingerprint density at radius 1 is 1.15 bits per heavy atom. The fraction of sp³-hybridized carbons (Fsp3) is 0.345. The van der Waals surface area contributed by atoms with E-state index >= 15 is 0 Å². The van der Waals surface area contributed by atoms with E-state index in [2.05, 4.69) is 24.1 Å². The van der Waals surface area contributed by atoms with E-state index in [0.29, 0.717) is 28.1 Å². The standard InChI is InChI=1S/C29H32Cl2N2O5S/c1-16(2)8-6-11-25(37-4)20-10-7-9-19(26(20)38-5)24-15-39-29(32-24)33-27(34)18-13-22(30)21(23(31)14-18)12-17(3)28(35)36/h7,9-10,12-16,25H,6,8,11H2,1-5H3,(H,35,36)(H,32,33,34)/b17-12+/t25-/m0/s1. The van der Waals surface area contributed by atoms with E-state index < -0.39 is 11.9 Å². The van der Waals surface area contributed by atoms with Gasteiger partial charge in [-0.15, -0.1) is 11.3 Å². The topological polar surface area (TPSA) is 97.8 Å². The first kappa shape index (κ1) is 30.6. The first-order valence-electron chi connectivity index (χ1n) is 12.4. The Morgan fingerprint density at radius 2 is 1.85 bits per heavy atom. The molecular formula is C29H32Cl2N2O5S. The summed E-state index contributed by atoms with van der Waals surface area (Å²) in [6.45, 7) is 5.85. The molecule has 1 heterocycles. The molecule has 1 aromatic heterocycles. The number of para-hydroxylation sites is 1. The van der Waals surface area contributed by atoms with Crippen LogP contribution in [0, 0.1) is 5.92 Å². The van der Waals surface area contributed by atoms with Crippen LogP contribution in [0.4, 0.5) is 5.13 Å². The minimum Gasteiger partial charge on any atom is -0.496 e. The Morgan fingerprint density at radius 3 is 2.44 bits per heavy atom. The lowest BCUT2D eigenvalue weighted by molar-refractivity contribution is -0.132. The molecule has 0 saturated carbocycles. The number of methoxy groups -OCH3 is 2. The minimum absolute atomic E-state index is 0.0678. The summed E-state index contributed by atoms with van der Waals surface area (Å²) < 4.78 is 11.6. The average molecular weight is 592 g/mol. The number of carboxylic acids is 1. The van der Waals surface area contributed by atoms with Crippen LogP contribution in [0.25, 0.3) is 17.3 Å². The predicted molar refractivity (Wildman–Crippen MR) is 158 cm³/mol. The molecule has 2 N–H and O–H groups in total. The summed E-state index contributed by atoms with van der Waals surface area (Å²) in [5.41, 5.74) is 3.03. The summed E-state index contributed by atoms with van der Waals surface area (Å²) in [6, 6.07) is 8.76. The van der Waals surface area contributed by atoms with Crippen LogP contribution < -0.4 is 10.1 Å². The molecule has 3 aromatic rings. The molecule has 0 unspecified atom stereocenters.